The van der Waals surface area contributed by atoms with Crippen molar-refractivity contribution in [2.75, 3.05) is 6.61 Å². The molecular weight excluding hydrogens is 456 g/mol. The zero-order valence-electron chi connectivity index (χ0n) is 18.1. The molecule has 0 bridgehead atoms. The zero-order valence-corrected chi connectivity index (χ0v) is 18.9. The molecule has 9 heteroatoms. The Kier molecular flexibility index (Phi) is 6.00. The third-order valence-electron chi connectivity index (χ3n) is 5.29. The van der Waals surface area contributed by atoms with Crippen molar-refractivity contribution in [3.05, 3.63) is 81.2 Å². The van der Waals surface area contributed by atoms with Gasteiger partial charge in [0, 0.05) is 16.7 Å². The summed E-state index contributed by atoms with van der Waals surface area (Å²) in [6.45, 7) is 5.38. The van der Waals surface area contributed by atoms with Crippen molar-refractivity contribution in [3.8, 4) is 5.69 Å². The molecule has 2 aromatic carbocycles. The Bertz CT molecular complexity index is 1350. The molecule has 0 aliphatic rings. The predicted octanol–water partition coefficient (Wildman–Crippen LogP) is 6.63. The maximum absolute atomic E-state index is 14.6. The van der Waals surface area contributed by atoms with Gasteiger partial charge in [-0.05, 0) is 50.6 Å². The Labute approximate surface area is 191 Å². The summed E-state index contributed by atoms with van der Waals surface area (Å²) >= 11 is 1.29. The zero-order chi connectivity index (χ0) is 23.9. The standard InChI is InChI=1S/C24H20F4N2O2S/c1-4-32-23(31)21-13(2)29-30(14(21)3)20-9-8-19(25)18-12-17(33-22(18)20)11-15-6-5-7-16(10-15)24(26,27)28/h5-10,12H,4,11H2,1-3H3. The first-order chi connectivity index (χ1) is 15.6. The van der Waals surface area contributed by atoms with Gasteiger partial charge in [-0.1, -0.05) is 18.2 Å². The number of nitrogens with zero attached hydrogens (tertiary/aromatic N) is 2. The SMILES string of the molecule is CCOC(=O)c1c(C)nn(-c2ccc(F)c3cc(Cc4cccc(C(F)(F)F)c4)sc23)c1C. The van der Waals surface area contributed by atoms with Crippen LogP contribution in [-0.4, -0.2) is 22.4 Å². The Morgan fingerprint density at radius 3 is 2.61 bits per heavy atom. The highest BCUT2D eigenvalue weighted by atomic mass is 32.1. The van der Waals surface area contributed by atoms with Crippen LogP contribution in [0.1, 0.15) is 44.7 Å². The summed E-state index contributed by atoms with van der Waals surface area (Å²) in [7, 11) is 0. The van der Waals surface area contributed by atoms with Crippen LogP contribution in [0.2, 0.25) is 0 Å². The van der Waals surface area contributed by atoms with Crippen LogP contribution in [0.5, 0.6) is 0 Å². The molecule has 0 saturated carbocycles. The number of hydrogen-bond donors (Lipinski definition) is 0. The molecule has 2 aromatic heterocycles. The molecule has 0 amide bonds. The molecule has 4 nitrogen and oxygen atoms in total. The molecular formula is C24H20F4N2O2S. The van der Waals surface area contributed by atoms with Gasteiger partial charge in [-0.15, -0.1) is 11.3 Å². The Morgan fingerprint density at radius 1 is 1.15 bits per heavy atom. The number of thiophene rings is 1. The number of hydrogen-bond acceptors (Lipinski definition) is 4. The number of ether oxygens (including phenoxy) is 1. The van der Waals surface area contributed by atoms with Crippen molar-refractivity contribution in [2.24, 2.45) is 0 Å². The molecule has 0 aliphatic carbocycles. The molecule has 0 unspecified atom stereocenters. The fourth-order valence-electron chi connectivity index (χ4n) is 3.82. The summed E-state index contributed by atoms with van der Waals surface area (Å²) in [6.07, 6.45) is -4.20. The van der Waals surface area contributed by atoms with Gasteiger partial charge in [-0.2, -0.15) is 18.3 Å². The molecule has 0 atom stereocenters. The second-order valence-electron chi connectivity index (χ2n) is 7.58. The number of alkyl halides is 3. The molecule has 172 valence electrons. The van der Waals surface area contributed by atoms with E-state index in [1.54, 1.807) is 43.7 Å². The van der Waals surface area contributed by atoms with E-state index in [2.05, 4.69) is 5.10 Å². The Balaban J connectivity index is 1.77. The predicted molar refractivity (Wildman–Crippen MR) is 119 cm³/mol. The number of esters is 1. The number of fused-ring (bicyclic) bond motifs is 1. The second-order valence-corrected chi connectivity index (χ2v) is 8.71. The molecule has 4 aromatic rings. The van der Waals surface area contributed by atoms with Crippen LogP contribution in [0.4, 0.5) is 17.6 Å². The van der Waals surface area contributed by atoms with E-state index in [0.717, 1.165) is 12.1 Å². The quantitative estimate of drug-likeness (QED) is 0.240. The second kappa shape index (κ2) is 8.62. The van der Waals surface area contributed by atoms with Crippen LogP contribution in [0, 0.1) is 19.7 Å². The highest BCUT2D eigenvalue weighted by Gasteiger charge is 2.30. The van der Waals surface area contributed by atoms with Crippen molar-refractivity contribution in [1.82, 2.24) is 9.78 Å². The minimum absolute atomic E-state index is 0.230. The number of rotatable bonds is 5. The van der Waals surface area contributed by atoms with Gasteiger partial charge in [0.1, 0.15) is 11.4 Å². The van der Waals surface area contributed by atoms with Gasteiger partial charge in [-0.3, -0.25) is 0 Å². The van der Waals surface area contributed by atoms with E-state index >= 15 is 0 Å². The lowest BCUT2D eigenvalue weighted by Crippen LogP contribution is -2.07. The van der Waals surface area contributed by atoms with E-state index in [9.17, 15) is 22.4 Å². The first kappa shape index (κ1) is 23.0. The van der Waals surface area contributed by atoms with Gasteiger partial charge in [0.25, 0.3) is 0 Å². The molecule has 0 saturated heterocycles. The summed E-state index contributed by atoms with van der Waals surface area (Å²) in [5.74, 6) is -0.916. The highest BCUT2D eigenvalue weighted by Crippen LogP contribution is 2.36. The van der Waals surface area contributed by atoms with Crippen LogP contribution >= 0.6 is 11.3 Å². The third-order valence-corrected chi connectivity index (χ3v) is 6.45. The van der Waals surface area contributed by atoms with Crippen molar-refractivity contribution >= 4 is 27.4 Å². The summed E-state index contributed by atoms with van der Waals surface area (Å²) in [5, 5.41) is 4.82. The summed E-state index contributed by atoms with van der Waals surface area (Å²) in [5.41, 5.74) is 1.75. The smallest absolute Gasteiger partial charge is 0.416 e. The minimum Gasteiger partial charge on any atom is -0.462 e. The molecule has 0 radical (unpaired) electrons. The number of aryl methyl sites for hydroxylation is 1. The van der Waals surface area contributed by atoms with Crippen LogP contribution in [0.3, 0.4) is 0 Å². The number of benzene rings is 2. The first-order valence-electron chi connectivity index (χ1n) is 10.2. The van der Waals surface area contributed by atoms with Crippen LogP contribution in [0.25, 0.3) is 15.8 Å². The van der Waals surface area contributed by atoms with Crippen LogP contribution < -0.4 is 0 Å². The van der Waals surface area contributed by atoms with Gasteiger partial charge >= 0.3 is 12.1 Å². The molecule has 0 N–H and O–H groups in total. The van der Waals surface area contributed by atoms with Crippen LogP contribution in [0.15, 0.2) is 42.5 Å². The summed E-state index contributed by atoms with van der Waals surface area (Å²) in [4.78, 5) is 13.1. The highest BCUT2D eigenvalue weighted by molar-refractivity contribution is 7.19. The van der Waals surface area contributed by atoms with E-state index in [4.69, 9.17) is 4.74 Å². The average Bonchev–Trinajstić information content (AvgIpc) is 3.29. The maximum Gasteiger partial charge on any atom is 0.416 e. The van der Waals surface area contributed by atoms with E-state index in [0.29, 0.717) is 43.2 Å². The van der Waals surface area contributed by atoms with E-state index in [-0.39, 0.29) is 13.0 Å². The third kappa shape index (κ3) is 4.37. The monoisotopic (exact) mass is 476 g/mol. The fraction of sp³-hybridized carbons (Fsp3) is 0.250. The molecule has 0 aliphatic heterocycles. The van der Waals surface area contributed by atoms with Crippen molar-refractivity contribution < 1.29 is 27.1 Å². The number of halogens is 4. The van der Waals surface area contributed by atoms with Crippen molar-refractivity contribution in [1.29, 1.82) is 0 Å². The van der Waals surface area contributed by atoms with Crippen LogP contribution in [-0.2, 0) is 17.3 Å². The molecule has 2 heterocycles. The normalized spacial score (nSPS) is 11.8. The van der Waals surface area contributed by atoms with Crippen molar-refractivity contribution in [2.45, 2.75) is 33.4 Å². The summed E-state index contributed by atoms with van der Waals surface area (Å²) in [6, 6.07) is 9.66. The number of carbonyl (C=O) groups excluding carboxylic acids is 1. The summed E-state index contributed by atoms with van der Waals surface area (Å²) < 4.78 is 61.1. The van der Waals surface area contributed by atoms with Gasteiger partial charge in [0.2, 0.25) is 0 Å². The topological polar surface area (TPSA) is 44.1 Å². The van der Waals surface area contributed by atoms with E-state index in [1.165, 1.54) is 23.5 Å². The maximum atomic E-state index is 14.6. The van der Waals surface area contributed by atoms with Gasteiger partial charge < -0.3 is 4.74 Å². The Hall–Kier alpha value is -3.20. The first-order valence-corrected chi connectivity index (χ1v) is 11.0. The fourth-order valence-corrected chi connectivity index (χ4v) is 5.02. The lowest BCUT2D eigenvalue weighted by Gasteiger charge is -2.08. The minimum atomic E-state index is -4.43. The molecule has 4 rings (SSSR count). The van der Waals surface area contributed by atoms with Gasteiger partial charge in [-0.25, -0.2) is 13.9 Å². The van der Waals surface area contributed by atoms with Crippen molar-refractivity contribution in [3.63, 3.8) is 0 Å². The lowest BCUT2D eigenvalue weighted by molar-refractivity contribution is -0.137. The Morgan fingerprint density at radius 2 is 1.91 bits per heavy atom. The lowest BCUT2D eigenvalue weighted by atomic mass is 10.1. The number of carbonyl (C=O) groups is 1. The molecule has 33 heavy (non-hydrogen) atoms. The molecule has 0 fully saturated rings. The molecule has 0 spiro atoms. The largest absolute Gasteiger partial charge is 0.462 e. The van der Waals surface area contributed by atoms with Gasteiger partial charge in [0.05, 0.1) is 33.9 Å². The van der Waals surface area contributed by atoms with E-state index < -0.39 is 23.5 Å². The average molecular weight is 476 g/mol. The number of aromatic nitrogens is 2. The van der Waals surface area contributed by atoms with E-state index in [1.807, 2.05) is 0 Å². The van der Waals surface area contributed by atoms with Gasteiger partial charge in [0.15, 0.2) is 0 Å².